The van der Waals surface area contributed by atoms with Crippen molar-refractivity contribution in [1.29, 1.82) is 0 Å². The van der Waals surface area contributed by atoms with Gasteiger partial charge < -0.3 is 19.5 Å². The van der Waals surface area contributed by atoms with Gasteiger partial charge in [-0.2, -0.15) is 0 Å². The van der Waals surface area contributed by atoms with Crippen LogP contribution in [-0.2, 0) is 14.8 Å². The Balaban J connectivity index is 1.59. The van der Waals surface area contributed by atoms with Gasteiger partial charge in [-0.25, -0.2) is 8.42 Å². The zero-order chi connectivity index (χ0) is 27.3. The number of rotatable bonds is 10. The fourth-order valence-corrected chi connectivity index (χ4v) is 6.08. The van der Waals surface area contributed by atoms with Crippen molar-refractivity contribution in [2.45, 2.75) is 50.5 Å². The molecule has 0 atom stereocenters. The SMILES string of the molecule is COc1ccc(S(=O)(=O)N(CC(=O)Nc2ccc(OC3CCCC3)cc2)c2cc(C)cc(C)c2)cc1OC. The van der Waals surface area contributed by atoms with Crippen LogP contribution < -0.4 is 23.8 Å². The zero-order valence-corrected chi connectivity index (χ0v) is 23.0. The van der Waals surface area contributed by atoms with E-state index in [-0.39, 0.29) is 16.7 Å². The number of carbonyl (C=O) groups excluding carboxylic acids is 1. The average Bonchev–Trinajstić information content (AvgIpc) is 3.40. The van der Waals surface area contributed by atoms with Crippen molar-refractivity contribution in [1.82, 2.24) is 0 Å². The predicted octanol–water partition coefficient (Wildman–Crippen LogP) is 5.48. The van der Waals surface area contributed by atoms with E-state index < -0.39 is 22.5 Å². The van der Waals surface area contributed by atoms with Crippen molar-refractivity contribution in [3.05, 3.63) is 71.8 Å². The highest BCUT2D eigenvalue weighted by Crippen LogP contribution is 2.33. The molecule has 1 amide bonds. The summed E-state index contributed by atoms with van der Waals surface area (Å²) in [6.07, 6.45) is 4.72. The van der Waals surface area contributed by atoms with Crippen LogP contribution in [0.25, 0.3) is 0 Å². The molecular formula is C29H34N2O6S. The first kappa shape index (κ1) is 27.3. The minimum absolute atomic E-state index is 0.0180. The Morgan fingerprint density at radius 3 is 2.13 bits per heavy atom. The molecule has 0 saturated heterocycles. The molecule has 0 heterocycles. The van der Waals surface area contributed by atoms with Crippen LogP contribution in [0, 0.1) is 13.8 Å². The predicted molar refractivity (Wildman–Crippen MR) is 148 cm³/mol. The number of ether oxygens (including phenoxy) is 3. The third-order valence-electron chi connectivity index (χ3n) is 6.47. The van der Waals surface area contributed by atoms with Crippen molar-refractivity contribution in [3.63, 3.8) is 0 Å². The van der Waals surface area contributed by atoms with Crippen LogP contribution in [0.2, 0.25) is 0 Å². The molecular weight excluding hydrogens is 504 g/mol. The molecule has 1 N–H and O–H groups in total. The monoisotopic (exact) mass is 538 g/mol. The summed E-state index contributed by atoms with van der Waals surface area (Å²) in [5, 5.41) is 2.81. The van der Waals surface area contributed by atoms with Gasteiger partial charge in [0.15, 0.2) is 11.5 Å². The lowest BCUT2D eigenvalue weighted by Gasteiger charge is -2.25. The number of carbonyl (C=O) groups is 1. The van der Waals surface area contributed by atoms with Crippen LogP contribution in [0.3, 0.4) is 0 Å². The summed E-state index contributed by atoms with van der Waals surface area (Å²) in [5.74, 6) is 0.960. The lowest BCUT2D eigenvalue weighted by atomic mass is 10.1. The van der Waals surface area contributed by atoms with E-state index in [4.69, 9.17) is 14.2 Å². The Hall–Kier alpha value is -3.72. The van der Waals surface area contributed by atoms with Gasteiger partial charge in [-0.15, -0.1) is 0 Å². The van der Waals surface area contributed by atoms with E-state index in [0.717, 1.165) is 34.0 Å². The van der Waals surface area contributed by atoms with Gasteiger partial charge in [0.25, 0.3) is 10.0 Å². The van der Waals surface area contributed by atoms with E-state index >= 15 is 0 Å². The second kappa shape index (κ2) is 11.8. The van der Waals surface area contributed by atoms with Gasteiger partial charge in [0.1, 0.15) is 12.3 Å². The Morgan fingerprint density at radius 2 is 1.53 bits per heavy atom. The Kier molecular flexibility index (Phi) is 8.46. The summed E-state index contributed by atoms with van der Waals surface area (Å²) in [7, 11) is -1.22. The highest BCUT2D eigenvalue weighted by molar-refractivity contribution is 7.92. The van der Waals surface area contributed by atoms with Gasteiger partial charge in [0.2, 0.25) is 5.91 Å². The fourth-order valence-electron chi connectivity index (χ4n) is 4.66. The smallest absolute Gasteiger partial charge is 0.264 e. The maximum atomic E-state index is 13.9. The number of sulfonamides is 1. The number of hydrogen-bond donors (Lipinski definition) is 1. The van der Waals surface area contributed by atoms with Crippen molar-refractivity contribution in [3.8, 4) is 17.2 Å². The lowest BCUT2D eigenvalue weighted by molar-refractivity contribution is -0.114. The lowest BCUT2D eigenvalue weighted by Crippen LogP contribution is -2.38. The zero-order valence-electron chi connectivity index (χ0n) is 22.2. The van der Waals surface area contributed by atoms with E-state index in [2.05, 4.69) is 5.32 Å². The molecule has 3 aromatic rings. The van der Waals surface area contributed by atoms with Crippen molar-refractivity contribution in [2.24, 2.45) is 0 Å². The fraction of sp³-hybridized carbons (Fsp3) is 0.345. The summed E-state index contributed by atoms with van der Waals surface area (Å²) in [6.45, 7) is 3.35. The normalized spacial score (nSPS) is 13.7. The highest BCUT2D eigenvalue weighted by atomic mass is 32.2. The topological polar surface area (TPSA) is 94.2 Å². The second-order valence-corrected chi connectivity index (χ2v) is 11.3. The van der Waals surface area contributed by atoms with E-state index in [1.54, 1.807) is 24.3 Å². The molecule has 0 unspecified atom stereocenters. The van der Waals surface area contributed by atoms with Crippen molar-refractivity contribution < 1.29 is 27.4 Å². The molecule has 3 aromatic carbocycles. The standard InChI is InChI=1S/C29H34N2O6S/c1-20-15-21(2)17-23(16-20)31(38(33,34)26-13-14-27(35-3)28(18-26)36-4)19-29(32)30-22-9-11-25(12-10-22)37-24-7-5-6-8-24/h9-18,24H,5-8,19H2,1-4H3,(H,30,32). The number of aryl methyl sites for hydroxylation is 2. The second-order valence-electron chi connectivity index (χ2n) is 9.47. The van der Waals surface area contributed by atoms with Crippen LogP contribution >= 0.6 is 0 Å². The summed E-state index contributed by atoms with van der Waals surface area (Å²) >= 11 is 0. The molecule has 8 nitrogen and oxygen atoms in total. The molecule has 1 aliphatic rings. The molecule has 9 heteroatoms. The highest BCUT2D eigenvalue weighted by Gasteiger charge is 2.29. The summed E-state index contributed by atoms with van der Waals surface area (Å²) in [6, 6.07) is 16.9. The van der Waals surface area contributed by atoms with E-state index in [1.807, 2.05) is 32.0 Å². The molecule has 0 bridgehead atoms. The number of nitrogens with one attached hydrogen (secondary N) is 1. The summed E-state index contributed by atoms with van der Waals surface area (Å²) in [5.41, 5.74) is 2.71. The molecule has 1 saturated carbocycles. The largest absolute Gasteiger partial charge is 0.493 e. The molecule has 1 aliphatic carbocycles. The first-order valence-corrected chi connectivity index (χ1v) is 14.0. The molecule has 38 heavy (non-hydrogen) atoms. The molecule has 4 rings (SSSR count). The Labute approximate surface area is 224 Å². The molecule has 0 aliphatic heterocycles. The van der Waals surface area contributed by atoms with Gasteiger partial charge >= 0.3 is 0 Å². The molecule has 202 valence electrons. The molecule has 0 spiro atoms. The third-order valence-corrected chi connectivity index (χ3v) is 8.24. The van der Waals surface area contributed by atoms with Gasteiger partial charge in [-0.05, 0) is 99.2 Å². The minimum atomic E-state index is -4.14. The summed E-state index contributed by atoms with van der Waals surface area (Å²) in [4.78, 5) is 13.1. The van der Waals surface area contributed by atoms with Gasteiger partial charge in [-0.1, -0.05) is 6.07 Å². The van der Waals surface area contributed by atoms with E-state index in [1.165, 1.54) is 45.3 Å². The van der Waals surface area contributed by atoms with Gasteiger partial charge in [-0.3, -0.25) is 9.10 Å². The average molecular weight is 539 g/mol. The maximum Gasteiger partial charge on any atom is 0.264 e. The minimum Gasteiger partial charge on any atom is -0.493 e. The van der Waals surface area contributed by atoms with Crippen LogP contribution in [0.5, 0.6) is 17.2 Å². The quantitative estimate of drug-likeness (QED) is 0.368. The van der Waals surface area contributed by atoms with Crippen LogP contribution in [0.15, 0.2) is 65.6 Å². The molecule has 0 aromatic heterocycles. The van der Waals surface area contributed by atoms with Crippen LogP contribution in [-0.4, -0.2) is 41.2 Å². The van der Waals surface area contributed by atoms with Crippen molar-refractivity contribution in [2.75, 3.05) is 30.4 Å². The van der Waals surface area contributed by atoms with Gasteiger partial charge in [0.05, 0.1) is 30.9 Å². The number of methoxy groups -OCH3 is 2. The van der Waals surface area contributed by atoms with Crippen LogP contribution in [0.4, 0.5) is 11.4 Å². The Bertz CT molecular complexity index is 1360. The van der Waals surface area contributed by atoms with Gasteiger partial charge in [0, 0.05) is 11.8 Å². The Morgan fingerprint density at radius 1 is 0.895 bits per heavy atom. The van der Waals surface area contributed by atoms with Crippen LogP contribution in [0.1, 0.15) is 36.8 Å². The van der Waals surface area contributed by atoms with Crippen molar-refractivity contribution >= 4 is 27.3 Å². The number of anilines is 2. The van der Waals surface area contributed by atoms with E-state index in [9.17, 15) is 13.2 Å². The van der Waals surface area contributed by atoms with E-state index in [0.29, 0.717) is 17.1 Å². The number of amides is 1. The molecule has 1 fully saturated rings. The number of hydrogen-bond acceptors (Lipinski definition) is 6. The molecule has 0 radical (unpaired) electrons. The number of benzene rings is 3. The third kappa shape index (κ3) is 6.39. The first-order chi connectivity index (χ1) is 18.2. The maximum absolute atomic E-state index is 13.9. The first-order valence-electron chi connectivity index (χ1n) is 12.6. The number of nitrogens with zero attached hydrogens (tertiary/aromatic N) is 1. The summed E-state index contributed by atoms with van der Waals surface area (Å²) < 4.78 is 45.4.